The molecule has 0 saturated carbocycles. The molecule has 0 bridgehead atoms. The zero-order chi connectivity index (χ0) is 34.6. The van der Waals surface area contributed by atoms with E-state index in [0.717, 1.165) is 49.9 Å². The summed E-state index contributed by atoms with van der Waals surface area (Å²) in [7, 11) is 0. The maximum atomic E-state index is 5.61. The van der Waals surface area contributed by atoms with Crippen LogP contribution in [-0.4, -0.2) is 19.5 Å². The third kappa shape index (κ3) is 3.40. The minimum Gasteiger partial charge on any atom is -0.309 e. The summed E-state index contributed by atoms with van der Waals surface area (Å²) in [6, 6.07) is 37.8. The van der Waals surface area contributed by atoms with Crippen molar-refractivity contribution in [3.8, 4) is 17.1 Å². The van der Waals surface area contributed by atoms with Gasteiger partial charge in [0.15, 0.2) is 0 Å². The van der Waals surface area contributed by atoms with Gasteiger partial charge in [-0.1, -0.05) is 96.1 Å². The van der Waals surface area contributed by atoms with Gasteiger partial charge in [-0.2, -0.15) is 0 Å². The van der Waals surface area contributed by atoms with Crippen molar-refractivity contribution in [2.75, 3.05) is 4.90 Å². The molecular weight excluding hydrogens is 623 g/mol. The summed E-state index contributed by atoms with van der Waals surface area (Å²) in [4.78, 5) is 17.9. The van der Waals surface area contributed by atoms with Gasteiger partial charge < -0.3 is 4.90 Å². The average molecular weight is 660 g/mol. The Hall–Kier alpha value is -5.81. The second-order valence-corrected chi connectivity index (χ2v) is 16.1. The molecule has 6 heterocycles. The molecule has 0 spiro atoms. The maximum Gasteiger partial charge on any atom is 0.145 e. The lowest BCUT2D eigenvalue weighted by molar-refractivity contribution is 0.567. The first-order valence-corrected chi connectivity index (χ1v) is 18.0. The Kier molecular flexibility index (Phi) is 5.28. The van der Waals surface area contributed by atoms with Crippen LogP contribution in [0.2, 0.25) is 0 Å². The number of rotatable bonds is 2. The van der Waals surface area contributed by atoms with Crippen molar-refractivity contribution in [1.29, 1.82) is 0 Å². The van der Waals surface area contributed by atoms with Crippen molar-refractivity contribution < 1.29 is 0 Å². The van der Waals surface area contributed by atoms with Gasteiger partial charge in [0.25, 0.3) is 0 Å². The van der Waals surface area contributed by atoms with Crippen LogP contribution in [0.3, 0.4) is 0 Å². The maximum absolute atomic E-state index is 5.61. The Morgan fingerprint density at radius 2 is 0.961 bits per heavy atom. The molecule has 8 aromatic rings. The van der Waals surface area contributed by atoms with Crippen molar-refractivity contribution in [3.05, 3.63) is 149 Å². The summed E-state index contributed by atoms with van der Waals surface area (Å²) in [5.74, 6) is 0.919. The second kappa shape index (κ2) is 9.29. The van der Waals surface area contributed by atoms with Gasteiger partial charge in [0.2, 0.25) is 0 Å². The Balaban J connectivity index is 1.30. The van der Waals surface area contributed by atoms with Gasteiger partial charge in [-0.3, -0.25) is 14.5 Å². The van der Waals surface area contributed by atoms with E-state index in [1.807, 2.05) is 24.5 Å². The molecule has 5 nitrogen and oxygen atoms in total. The minimum atomic E-state index is -0.255. The lowest BCUT2D eigenvalue weighted by Gasteiger charge is -2.55. The molecule has 0 unspecified atom stereocenters. The Bertz CT molecular complexity index is 2750. The minimum absolute atomic E-state index is 0.121. The topological polar surface area (TPSA) is 46.8 Å². The van der Waals surface area contributed by atoms with Crippen LogP contribution in [-0.2, 0) is 16.2 Å². The van der Waals surface area contributed by atoms with E-state index in [9.17, 15) is 0 Å². The lowest BCUT2D eigenvalue weighted by atomic mass is 9.60. The highest BCUT2D eigenvalue weighted by Gasteiger charge is 2.51. The van der Waals surface area contributed by atoms with Gasteiger partial charge >= 0.3 is 0 Å². The zero-order valence-electron chi connectivity index (χ0n) is 29.7. The molecule has 0 amide bonds. The van der Waals surface area contributed by atoms with Gasteiger partial charge in [0, 0.05) is 50.7 Å². The lowest BCUT2D eigenvalue weighted by Crippen LogP contribution is -2.43. The van der Waals surface area contributed by atoms with Crippen molar-refractivity contribution >= 4 is 49.9 Å². The van der Waals surface area contributed by atoms with E-state index in [1.165, 1.54) is 50.4 Å². The van der Waals surface area contributed by atoms with E-state index in [1.54, 1.807) is 0 Å². The first-order chi connectivity index (χ1) is 24.6. The van der Waals surface area contributed by atoms with Gasteiger partial charge in [0.05, 0.1) is 39.1 Å². The number of imidazole rings is 1. The number of benzene rings is 5. The van der Waals surface area contributed by atoms with Crippen LogP contribution in [0.4, 0.5) is 17.1 Å². The van der Waals surface area contributed by atoms with Crippen LogP contribution in [0.25, 0.3) is 49.9 Å². The zero-order valence-corrected chi connectivity index (χ0v) is 29.7. The van der Waals surface area contributed by atoms with E-state index in [-0.39, 0.29) is 16.2 Å². The number of hydrogen-bond acceptors (Lipinski definition) is 4. The van der Waals surface area contributed by atoms with Crippen molar-refractivity contribution in [3.63, 3.8) is 0 Å². The Morgan fingerprint density at radius 1 is 0.471 bits per heavy atom. The summed E-state index contributed by atoms with van der Waals surface area (Å²) >= 11 is 0. The predicted octanol–water partition coefficient (Wildman–Crippen LogP) is 11.2. The van der Waals surface area contributed by atoms with Crippen molar-refractivity contribution in [1.82, 2.24) is 19.5 Å². The summed E-state index contributed by atoms with van der Waals surface area (Å²) in [5, 5.41) is 2.05. The van der Waals surface area contributed by atoms with Crippen molar-refractivity contribution in [2.24, 2.45) is 0 Å². The first-order valence-electron chi connectivity index (χ1n) is 18.0. The summed E-state index contributed by atoms with van der Waals surface area (Å²) in [6.07, 6.45) is 3.71. The molecular formula is C46H37N5. The van der Waals surface area contributed by atoms with Crippen LogP contribution >= 0.6 is 0 Å². The quantitative estimate of drug-likeness (QED) is 0.173. The van der Waals surface area contributed by atoms with Crippen LogP contribution < -0.4 is 4.90 Å². The van der Waals surface area contributed by atoms with Gasteiger partial charge in [0.1, 0.15) is 5.82 Å². The number of pyridine rings is 2. The Labute approximate surface area is 297 Å². The van der Waals surface area contributed by atoms with Crippen LogP contribution in [0, 0.1) is 0 Å². The highest BCUT2D eigenvalue weighted by molar-refractivity contribution is 6.21. The average Bonchev–Trinajstić information content (AvgIpc) is 3.55. The fraction of sp³-hybridized carbons (Fsp3) is 0.196. The fourth-order valence-electron chi connectivity index (χ4n) is 9.76. The van der Waals surface area contributed by atoms with E-state index in [0.29, 0.717) is 0 Å². The molecule has 3 aliphatic rings. The van der Waals surface area contributed by atoms with Gasteiger partial charge in [-0.05, 0) is 81.9 Å². The van der Waals surface area contributed by atoms with Crippen LogP contribution in [0.15, 0.2) is 116 Å². The van der Waals surface area contributed by atoms with E-state index in [4.69, 9.17) is 15.0 Å². The standard InChI is InChI=1S/C46H37N5/c1-44(2)30-18-10-20-32-40(30)51-41-31(44)19-11-21-33(41)46(5,6)35-25-26(24-34(42(35)51)45(32,3)4)43-49-38-28-16-12-22-47-36(28)37-29(17-13-23-48-37)39(38)50(43)27-14-8-7-9-15-27/h7-25H,1-6H3. The third-order valence-corrected chi connectivity index (χ3v) is 12.4. The molecule has 246 valence electrons. The Morgan fingerprint density at radius 3 is 1.53 bits per heavy atom. The molecule has 0 radical (unpaired) electrons. The van der Waals surface area contributed by atoms with E-state index < -0.39 is 0 Å². The first kappa shape index (κ1) is 29.0. The molecule has 0 fully saturated rings. The molecule has 0 aliphatic carbocycles. The molecule has 11 rings (SSSR count). The molecule has 3 aliphatic heterocycles. The number of nitrogens with zero attached hydrogens (tertiary/aromatic N) is 5. The predicted molar refractivity (Wildman–Crippen MR) is 208 cm³/mol. The smallest absolute Gasteiger partial charge is 0.145 e. The highest BCUT2D eigenvalue weighted by Crippen LogP contribution is 2.66. The highest BCUT2D eigenvalue weighted by atomic mass is 15.2. The molecule has 0 atom stereocenters. The van der Waals surface area contributed by atoms with Crippen molar-refractivity contribution in [2.45, 2.75) is 57.8 Å². The molecule has 5 aromatic carbocycles. The molecule has 3 aromatic heterocycles. The van der Waals surface area contributed by atoms with E-state index >= 15 is 0 Å². The molecule has 51 heavy (non-hydrogen) atoms. The number of hydrogen-bond donors (Lipinski definition) is 0. The number of aromatic nitrogens is 4. The van der Waals surface area contributed by atoms with Crippen LogP contribution in [0.1, 0.15) is 74.9 Å². The van der Waals surface area contributed by atoms with Gasteiger partial charge in [-0.15, -0.1) is 0 Å². The normalized spacial score (nSPS) is 16.9. The third-order valence-electron chi connectivity index (χ3n) is 12.4. The summed E-state index contributed by atoms with van der Waals surface area (Å²) < 4.78 is 2.35. The largest absolute Gasteiger partial charge is 0.309 e. The monoisotopic (exact) mass is 659 g/mol. The number of para-hydroxylation sites is 3. The molecule has 0 saturated heterocycles. The SMILES string of the molecule is CC1(C)c2cccc3c2N2c4c1cccc4C(C)(C)c1cc(-c4nc5c6cccnc6c6ncccc6c5n4-c4ccccc4)cc(c12)C3(C)C. The summed E-state index contributed by atoms with van der Waals surface area (Å²) in [5.41, 5.74) is 17.5. The van der Waals surface area contributed by atoms with Crippen LogP contribution in [0.5, 0.6) is 0 Å². The molecule has 5 heteroatoms. The number of anilines is 3. The van der Waals surface area contributed by atoms with E-state index in [2.05, 4.69) is 142 Å². The second-order valence-electron chi connectivity index (χ2n) is 16.1. The fourth-order valence-corrected chi connectivity index (χ4v) is 9.76. The molecule has 0 N–H and O–H groups in total. The number of fused-ring (bicyclic) bond motifs is 6. The summed E-state index contributed by atoms with van der Waals surface area (Å²) in [6.45, 7) is 14.4. The van der Waals surface area contributed by atoms with Gasteiger partial charge in [-0.25, -0.2) is 4.98 Å².